The predicted molar refractivity (Wildman–Crippen MR) is 102 cm³/mol. The molecular weight excluding hydrogens is 380 g/mol. The van der Waals surface area contributed by atoms with Crippen LogP contribution in [-0.2, 0) is 21.4 Å². The molecule has 1 aliphatic heterocycles. The van der Waals surface area contributed by atoms with Crippen LogP contribution < -0.4 is 0 Å². The Balaban J connectivity index is 1.98. The van der Waals surface area contributed by atoms with E-state index in [0.29, 0.717) is 19.1 Å². The normalized spacial score (nSPS) is 20.3. The number of halogens is 1. The fourth-order valence-electron chi connectivity index (χ4n) is 3.30. The van der Waals surface area contributed by atoms with E-state index in [1.165, 1.54) is 0 Å². The van der Waals surface area contributed by atoms with Gasteiger partial charge in [-0.15, -0.1) is 0 Å². The van der Waals surface area contributed by atoms with Crippen LogP contribution in [0.25, 0.3) is 10.9 Å². The number of aromatic nitrogens is 1. The van der Waals surface area contributed by atoms with Gasteiger partial charge < -0.3 is 14.0 Å². The fourth-order valence-corrected chi connectivity index (χ4v) is 3.65. The third kappa shape index (κ3) is 3.62. The minimum atomic E-state index is -0.495. The number of nitriles is 1. The summed E-state index contributed by atoms with van der Waals surface area (Å²) in [5, 5.41) is 10.9. The van der Waals surface area contributed by atoms with Gasteiger partial charge in [-0.3, -0.25) is 0 Å². The molecule has 0 radical (unpaired) electrons. The molecule has 0 spiro atoms. The average Bonchev–Trinajstić information content (AvgIpc) is 2.94. The lowest BCUT2D eigenvalue weighted by atomic mass is 9.81. The van der Waals surface area contributed by atoms with Gasteiger partial charge in [0.2, 0.25) is 0 Å². The van der Waals surface area contributed by atoms with Crippen LogP contribution in [0.4, 0.5) is 0 Å². The quantitative estimate of drug-likeness (QED) is 0.720. The number of hydrogen-bond acceptors (Lipinski definition) is 3. The molecule has 2 aromatic rings. The van der Waals surface area contributed by atoms with E-state index < -0.39 is 11.2 Å². The minimum Gasteiger partial charge on any atom is -0.350 e. The highest BCUT2D eigenvalue weighted by molar-refractivity contribution is 9.10. The van der Waals surface area contributed by atoms with Gasteiger partial charge in [-0.05, 0) is 44.9 Å². The number of nitrogens with zero attached hydrogens (tertiary/aromatic N) is 2. The van der Waals surface area contributed by atoms with Crippen LogP contribution in [0.15, 0.2) is 28.9 Å². The standard InChI is InChI=1S/C20H25BrN2O2/c1-5-20(4,13-22)17-10-23(18-8-15(21)6-7-16(17)18)9-14-11-24-19(2,3)25-12-14/h6-8,10,14H,5,9,11-12H2,1-4H3. The van der Waals surface area contributed by atoms with Crippen molar-refractivity contribution < 1.29 is 9.47 Å². The lowest BCUT2D eigenvalue weighted by Gasteiger charge is -2.35. The molecule has 1 atom stereocenters. The summed E-state index contributed by atoms with van der Waals surface area (Å²) < 4.78 is 14.9. The van der Waals surface area contributed by atoms with Crippen molar-refractivity contribution in [1.29, 1.82) is 5.26 Å². The minimum absolute atomic E-state index is 0.297. The third-order valence-corrected chi connectivity index (χ3v) is 5.67. The molecule has 1 unspecified atom stereocenters. The van der Waals surface area contributed by atoms with Gasteiger partial charge in [0.25, 0.3) is 0 Å². The highest BCUT2D eigenvalue weighted by Crippen LogP contribution is 2.36. The molecule has 134 valence electrons. The number of benzene rings is 1. The van der Waals surface area contributed by atoms with Crippen molar-refractivity contribution in [3.8, 4) is 6.07 Å². The van der Waals surface area contributed by atoms with Gasteiger partial charge in [0.15, 0.2) is 5.79 Å². The van der Waals surface area contributed by atoms with Crippen LogP contribution >= 0.6 is 15.9 Å². The average molecular weight is 405 g/mol. The second kappa shape index (κ2) is 6.75. The molecular formula is C20H25BrN2O2. The van der Waals surface area contributed by atoms with Crippen LogP contribution in [0.3, 0.4) is 0 Å². The van der Waals surface area contributed by atoms with Crippen molar-refractivity contribution in [1.82, 2.24) is 4.57 Å². The second-order valence-electron chi connectivity index (χ2n) is 7.54. The zero-order valence-electron chi connectivity index (χ0n) is 15.3. The van der Waals surface area contributed by atoms with Gasteiger partial charge in [-0.2, -0.15) is 5.26 Å². The molecule has 1 aromatic carbocycles. The number of fused-ring (bicyclic) bond motifs is 1. The van der Waals surface area contributed by atoms with E-state index in [0.717, 1.165) is 33.9 Å². The first-order chi connectivity index (χ1) is 11.8. The van der Waals surface area contributed by atoms with E-state index >= 15 is 0 Å². The van der Waals surface area contributed by atoms with E-state index in [2.05, 4.69) is 51.8 Å². The molecule has 0 saturated carbocycles. The number of ether oxygens (including phenoxy) is 2. The van der Waals surface area contributed by atoms with E-state index in [1.54, 1.807) is 0 Å². The van der Waals surface area contributed by atoms with Gasteiger partial charge >= 0.3 is 0 Å². The maximum atomic E-state index is 9.73. The lowest BCUT2D eigenvalue weighted by molar-refractivity contribution is -0.263. The summed E-state index contributed by atoms with van der Waals surface area (Å²) in [6, 6.07) is 8.78. The first-order valence-corrected chi connectivity index (χ1v) is 9.55. The third-order valence-electron chi connectivity index (χ3n) is 5.18. The van der Waals surface area contributed by atoms with Gasteiger partial charge in [0, 0.05) is 34.0 Å². The van der Waals surface area contributed by atoms with Crippen molar-refractivity contribution in [2.75, 3.05) is 13.2 Å². The van der Waals surface area contributed by atoms with E-state index in [9.17, 15) is 5.26 Å². The zero-order chi connectivity index (χ0) is 18.2. The zero-order valence-corrected chi connectivity index (χ0v) is 16.9. The van der Waals surface area contributed by atoms with Crippen molar-refractivity contribution in [2.24, 2.45) is 5.92 Å². The van der Waals surface area contributed by atoms with Crippen molar-refractivity contribution in [3.05, 3.63) is 34.4 Å². The summed E-state index contributed by atoms with van der Waals surface area (Å²) in [7, 11) is 0. The maximum Gasteiger partial charge on any atom is 0.162 e. The molecule has 0 bridgehead atoms. The molecule has 4 nitrogen and oxygen atoms in total. The predicted octanol–water partition coefficient (Wildman–Crippen LogP) is 4.99. The van der Waals surface area contributed by atoms with Crippen LogP contribution in [0.5, 0.6) is 0 Å². The smallest absolute Gasteiger partial charge is 0.162 e. The van der Waals surface area contributed by atoms with E-state index in [-0.39, 0.29) is 0 Å². The maximum absolute atomic E-state index is 9.73. The molecule has 1 aliphatic rings. The van der Waals surface area contributed by atoms with Crippen LogP contribution in [0, 0.1) is 17.2 Å². The molecule has 0 amide bonds. The highest BCUT2D eigenvalue weighted by Gasteiger charge is 2.31. The molecule has 1 aromatic heterocycles. The van der Waals surface area contributed by atoms with Crippen molar-refractivity contribution >= 4 is 26.8 Å². The van der Waals surface area contributed by atoms with Gasteiger partial charge in [-0.1, -0.05) is 28.9 Å². The molecule has 0 aliphatic carbocycles. The Labute approximate surface area is 157 Å². The summed E-state index contributed by atoms with van der Waals surface area (Å²) >= 11 is 3.57. The number of rotatable bonds is 4. The lowest BCUT2D eigenvalue weighted by Crippen LogP contribution is -2.40. The Kier molecular flexibility index (Phi) is 4.98. The fraction of sp³-hybridized carbons (Fsp3) is 0.550. The topological polar surface area (TPSA) is 47.2 Å². The molecule has 1 saturated heterocycles. The highest BCUT2D eigenvalue weighted by atomic mass is 79.9. The monoisotopic (exact) mass is 404 g/mol. The Bertz CT molecular complexity index is 811. The van der Waals surface area contributed by atoms with Crippen LogP contribution in [0.1, 0.15) is 39.7 Å². The molecule has 0 N–H and O–H groups in total. The summed E-state index contributed by atoms with van der Waals surface area (Å²) in [5.74, 6) is -0.198. The summed E-state index contributed by atoms with van der Waals surface area (Å²) in [5.41, 5.74) is 1.75. The Morgan fingerprint density at radius 2 is 2.04 bits per heavy atom. The summed E-state index contributed by atoms with van der Waals surface area (Å²) in [6.45, 7) is 10.2. The van der Waals surface area contributed by atoms with Crippen LogP contribution in [-0.4, -0.2) is 23.6 Å². The van der Waals surface area contributed by atoms with Gasteiger partial charge in [0.1, 0.15) is 0 Å². The summed E-state index contributed by atoms with van der Waals surface area (Å²) in [6.07, 6.45) is 2.92. The molecule has 3 rings (SSSR count). The van der Waals surface area contributed by atoms with E-state index in [1.807, 2.05) is 26.8 Å². The molecule has 1 fully saturated rings. The molecule has 25 heavy (non-hydrogen) atoms. The van der Waals surface area contributed by atoms with Gasteiger partial charge in [0.05, 0.1) is 24.7 Å². The molecule has 5 heteroatoms. The summed E-state index contributed by atoms with van der Waals surface area (Å²) in [4.78, 5) is 0. The number of hydrogen-bond donors (Lipinski definition) is 0. The van der Waals surface area contributed by atoms with Crippen molar-refractivity contribution in [2.45, 2.75) is 51.9 Å². The van der Waals surface area contributed by atoms with Crippen LogP contribution in [0.2, 0.25) is 0 Å². The first kappa shape index (κ1) is 18.4. The molecule has 2 heterocycles. The SMILES string of the molecule is CCC(C)(C#N)c1cn(CC2COC(C)(C)OC2)c2cc(Br)ccc12. The van der Waals surface area contributed by atoms with Crippen molar-refractivity contribution in [3.63, 3.8) is 0 Å². The first-order valence-electron chi connectivity index (χ1n) is 8.76. The Morgan fingerprint density at radius 1 is 1.36 bits per heavy atom. The van der Waals surface area contributed by atoms with E-state index in [4.69, 9.17) is 9.47 Å². The second-order valence-corrected chi connectivity index (χ2v) is 8.46. The largest absolute Gasteiger partial charge is 0.350 e. The Hall–Kier alpha value is -1.35. The van der Waals surface area contributed by atoms with Gasteiger partial charge in [-0.25, -0.2) is 0 Å². The Morgan fingerprint density at radius 3 is 2.64 bits per heavy atom.